The average Bonchev–Trinajstić information content (AvgIpc) is 3.37. The zero-order valence-electron chi connectivity index (χ0n) is 22.8. The van der Waals surface area contributed by atoms with Crippen LogP contribution >= 0.6 is 11.6 Å². The van der Waals surface area contributed by atoms with Crippen LogP contribution in [0.5, 0.6) is 11.5 Å². The fourth-order valence-electron chi connectivity index (χ4n) is 4.68. The average molecular weight is 564 g/mol. The fraction of sp³-hybridized carbons (Fsp3) is 0.281. The Hall–Kier alpha value is -3.97. The molecule has 1 aliphatic rings. The molecule has 0 saturated heterocycles. The maximum Gasteiger partial charge on any atom is 0.338 e. The van der Waals surface area contributed by atoms with Gasteiger partial charge in [0.25, 0.3) is 0 Å². The number of carbonyl (C=O) groups is 2. The van der Waals surface area contributed by atoms with Crippen molar-refractivity contribution in [3.05, 3.63) is 93.8 Å². The van der Waals surface area contributed by atoms with Crippen LogP contribution in [-0.2, 0) is 6.42 Å². The molecule has 1 N–H and O–H groups in total. The smallest absolute Gasteiger partial charge is 0.338 e. The van der Waals surface area contributed by atoms with Gasteiger partial charge in [-0.05, 0) is 104 Å². The maximum atomic E-state index is 14.3. The molecule has 0 saturated carbocycles. The van der Waals surface area contributed by atoms with E-state index < -0.39 is 22.9 Å². The maximum absolute atomic E-state index is 14.3. The molecule has 8 heteroatoms. The van der Waals surface area contributed by atoms with Crippen molar-refractivity contribution >= 4 is 29.6 Å². The molecule has 4 rings (SSSR count). The third-order valence-electron chi connectivity index (χ3n) is 6.55. The van der Waals surface area contributed by atoms with E-state index in [-0.39, 0.29) is 23.3 Å². The Morgan fingerprint density at radius 1 is 1.10 bits per heavy atom. The summed E-state index contributed by atoms with van der Waals surface area (Å²) in [6.45, 7) is 7.99. The summed E-state index contributed by atoms with van der Waals surface area (Å²) in [5.74, 6) is -1.28. The van der Waals surface area contributed by atoms with Crippen LogP contribution in [0.2, 0.25) is 5.02 Å². The standard InChI is InChI=1S/C32H31ClFNO5/c1-5-13-39-29-10-7-21(25-17-26(31(37)38)28(34)14-20(25)4)15-22(29)18-32(11-6-12-35-32)30(36)24-9-8-23(16-27(24)33)40-19(2)3/h6-12,14-17,19H,5,13,18H2,1-4H3,(H,37,38). The second kappa shape index (κ2) is 12.0. The Morgan fingerprint density at radius 2 is 1.88 bits per heavy atom. The summed E-state index contributed by atoms with van der Waals surface area (Å²) in [4.78, 5) is 30.2. The van der Waals surface area contributed by atoms with E-state index in [0.29, 0.717) is 45.9 Å². The van der Waals surface area contributed by atoms with Gasteiger partial charge in [0, 0.05) is 18.2 Å². The number of aromatic carboxylic acids is 1. The van der Waals surface area contributed by atoms with Crippen LogP contribution < -0.4 is 9.47 Å². The Labute approximate surface area is 238 Å². The molecule has 0 spiro atoms. The van der Waals surface area contributed by atoms with Gasteiger partial charge in [0.1, 0.15) is 22.9 Å². The quantitative estimate of drug-likeness (QED) is 0.244. The molecule has 1 atom stereocenters. The lowest BCUT2D eigenvalue weighted by molar-refractivity contribution is 0.0691. The van der Waals surface area contributed by atoms with Crippen molar-refractivity contribution in [2.45, 2.75) is 52.2 Å². The lowest BCUT2D eigenvalue weighted by Gasteiger charge is -2.25. The minimum absolute atomic E-state index is 0.0449. The topological polar surface area (TPSA) is 85.2 Å². The van der Waals surface area contributed by atoms with Gasteiger partial charge < -0.3 is 14.6 Å². The lowest BCUT2D eigenvalue weighted by Crippen LogP contribution is -2.36. The highest BCUT2D eigenvalue weighted by molar-refractivity contribution is 6.34. The number of hydrogen-bond donors (Lipinski definition) is 1. The molecule has 0 aliphatic carbocycles. The molecule has 0 amide bonds. The number of ether oxygens (including phenoxy) is 2. The van der Waals surface area contributed by atoms with Crippen molar-refractivity contribution in [2.75, 3.05) is 6.61 Å². The zero-order valence-corrected chi connectivity index (χ0v) is 23.6. The van der Waals surface area contributed by atoms with Gasteiger partial charge in [-0.1, -0.05) is 24.6 Å². The Kier molecular flexibility index (Phi) is 8.74. The first-order chi connectivity index (χ1) is 19.0. The van der Waals surface area contributed by atoms with Gasteiger partial charge in [-0.15, -0.1) is 0 Å². The van der Waals surface area contributed by atoms with Gasteiger partial charge in [0.15, 0.2) is 5.78 Å². The van der Waals surface area contributed by atoms with Crippen LogP contribution in [0.4, 0.5) is 4.39 Å². The van der Waals surface area contributed by atoms with E-state index in [4.69, 9.17) is 21.1 Å². The molecule has 1 unspecified atom stereocenters. The van der Waals surface area contributed by atoms with E-state index in [9.17, 15) is 19.1 Å². The number of ketones is 1. The molecule has 40 heavy (non-hydrogen) atoms. The normalized spacial score (nSPS) is 16.0. The predicted octanol–water partition coefficient (Wildman–Crippen LogP) is 7.53. The number of aryl methyl sites for hydroxylation is 1. The second-order valence-electron chi connectivity index (χ2n) is 10.00. The highest BCUT2D eigenvalue weighted by Gasteiger charge is 2.39. The van der Waals surface area contributed by atoms with Crippen molar-refractivity contribution in [3.63, 3.8) is 0 Å². The van der Waals surface area contributed by atoms with Gasteiger partial charge in [-0.2, -0.15) is 0 Å². The predicted molar refractivity (Wildman–Crippen MR) is 155 cm³/mol. The van der Waals surface area contributed by atoms with E-state index >= 15 is 0 Å². The second-order valence-corrected chi connectivity index (χ2v) is 10.4. The molecular weight excluding hydrogens is 533 g/mol. The van der Waals surface area contributed by atoms with Crippen molar-refractivity contribution in [1.82, 2.24) is 0 Å². The van der Waals surface area contributed by atoms with Gasteiger partial charge >= 0.3 is 5.97 Å². The lowest BCUT2D eigenvalue weighted by atomic mass is 9.83. The summed E-state index contributed by atoms with van der Waals surface area (Å²) in [6, 6.07) is 12.9. The Balaban J connectivity index is 1.78. The van der Waals surface area contributed by atoms with Crippen LogP contribution in [0, 0.1) is 12.7 Å². The van der Waals surface area contributed by atoms with E-state index in [1.807, 2.05) is 26.8 Å². The summed E-state index contributed by atoms with van der Waals surface area (Å²) in [5, 5.41) is 9.72. The van der Waals surface area contributed by atoms with E-state index in [1.165, 1.54) is 12.1 Å². The summed E-state index contributed by atoms with van der Waals surface area (Å²) in [7, 11) is 0. The molecule has 208 valence electrons. The largest absolute Gasteiger partial charge is 0.493 e. The van der Waals surface area contributed by atoms with Crippen LogP contribution in [0.3, 0.4) is 0 Å². The van der Waals surface area contributed by atoms with Crippen LogP contribution in [-0.4, -0.2) is 41.3 Å². The molecule has 6 nitrogen and oxygen atoms in total. The number of carboxylic acids is 1. The molecule has 3 aromatic carbocycles. The van der Waals surface area contributed by atoms with Crippen molar-refractivity contribution in [2.24, 2.45) is 4.99 Å². The Morgan fingerprint density at radius 3 is 2.50 bits per heavy atom. The van der Waals surface area contributed by atoms with Crippen molar-refractivity contribution in [1.29, 1.82) is 0 Å². The number of rotatable bonds is 11. The van der Waals surface area contributed by atoms with Gasteiger partial charge in [0.05, 0.1) is 23.3 Å². The number of hydrogen-bond acceptors (Lipinski definition) is 5. The molecular formula is C32H31ClFNO5. The van der Waals surface area contributed by atoms with Gasteiger partial charge in [-0.3, -0.25) is 9.79 Å². The SMILES string of the molecule is CCCOc1ccc(-c2cc(C(=O)O)c(F)cc2C)cc1CC1(C(=O)c2ccc(OC(C)C)cc2Cl)C=CC=N1. The number of nitrogens with zero attached hydrogens (tertiary/aromatic N) is 1. The van der Waals surface area contributed by atoms with Crippen molar-refractivity contribution < 1.29 is 28.6 Å². The summed E-state index contributed by atoms with van der Waals surface area (Å²) >= 11 is 6.55. The molecule has 1 aliphatic heterocycles. The molecule has 3 aromatic rings. The first-order valence-electron chi connectivity index (χ1n) is 13.1. The van der Waals surface area contributed by atoms with Gasteiger partial charge in [-0.25, -0.2) is 9.18 Å². The first kappa shape index (κ1) is 29.0. The molecule has 0 aromatic heterocycles. The van der Waals surface area contributed by atoms with Crippen LogP contribution in [0.25, 0.3) is 11.1 Å². The highest BCUT2D eigenvalue weighted by atomic mass is 35.5. The molecule has 0 bridgehead atoms. The third kappa shape index (κ3) is 6.10. The third-order valence-corrected chi connectivity index (χ3v) is 6.86. The van der Waals surface area contributed by atoms with Crippen molar-refractivity contribution in [3.8, 4) is 22.6 Å². The zero-order chi connectivity index (χ0) is 29.0. The summed E-state index contributed by atoms with van der Waals surface area (Å²) in [6.07, 6.45) is 5.95. The van der Waals surface area contributed by atoms with Crippen LogP contribution in [0.15, 0.2) is 65.7 Å². The van der Waals surface area contributed by atoms with Crippen LogP contribution in [0.1, 0.15) is 59.0 Å². The number of aliphatic imine (C=N–C) groups is 1. The van der Waals surface area contributed by atoms with E-state index in [0.717, 1.165) is 6.42 Å². The number of benzene rings is 3. The van der Waals surface area contributed by atoms with Gasteiger partial charge in [0.2, 0.25) is 0 Å². The Bertz CT molecular complexity index is 1500. The number of allylic oxidation sites excluding steroid dienone is 1. The first-order valence-corrected chi connectivity index (χ1v) is 13.5. The van der Waals surface area contributed by atoms with E-state index in [2.05, 4.69) is 4.99 Å². The molecule has 0 fully saturated rings. The number of Topliss-reactive ketones (excluding diaryl/α,β-unsaturated/α-hetero) is 1. The van der Waals surface area contributed by atoms with E-state index in [1.54, 1.807) is 55.6 Å². The number of carbonyl (C=O) groups excluding carboxylic acids is 1. The summed E-state index contributed by atoms with van der Waals surface area (Å²) < 4.78 is 26.0. The monoisotopic (exact) mass is 563 g/mol. The summed E-state index contributed by atoms with van der Waals surface area (Å²) in [5.41, 5.74) is 1.14. The number of carboxylic acid groups (broad SMARTS) is 1. The fourth-order valence-corrected chi connectivity index (χ4v) is 4.93. The molecule has 1 heterocycles. The molecule has 0 radical (unpaired) electrons. The highest BCUT2D eigenvalue weighted by Crippen LogP contribution is 2.37. The minimum atomic E-state index is -1.35. The number of halogens is 2. The minimum Gasteiger partial charge on any atom is -0.493 e.